The molecule has 0 spiro atoms. The third-order valence-corrected chi connectivity index (χ3v) is 0.749. The summed E-state index contributed by atoms with van der Waals surface area (Å²) in [5.41, 5.74) is 11.4. The standard InChI is InChI=1S/C6H9N3O4/c7-3-1-5(10)12-9-13-6(11)2-4-8/h1-4,9H,7-8H2/b3-1+,4-2+. The molecule has 0 aromatic carbocycles. The van der Waals surface area contributed by atoms with Crippen LogP contribution in [0, 0.1) is 0 Å². The van der Waals surface area contributed by atoms with Gasteiger partial charge in [-0.05, 0) is 0 Å². The second-order valence-electron chi connectivity index (χ2n) is 1.64. The van der Waals surface area contributed by atoms with Gasteiger partial charge < -0.3 is 21.1 Å². The van der Waals surface area contributed by atoms with E-state index in [2.05, 4.69) is 9.68 Å². The van der Waals surface area contributed by atoms with Crippen molar-refractivity contribution in [3.63, 3.8) is 0 Å². The first kappa shape index (κ1) is 11.0. The minimum Gasteiger partial charge on any atom is -0.404 e. The second kappa shape index (κ2) is 6.68. The van der Waals surface area contributed by atoms with Crippen LogP contribution in [-0.4, -0.2) is 11.9 Å². The predicted octanol–water partition coefficient (Wildman–Crippen LogP) is -1.56. The van der Waals surface area contributed by atoms with Crippen molar-refractivity contribution in [1.82, 2.24) is 5.64 Å². The van der Waals surface area contributed by atoms with Crippen molar-refractivity contribution in [2.75, 3.05) is 0 Å². The Morgan fingerprint density at radius 3 is 1.69 bits per heavy atom. The molecule has 0 aromatic rings. The second-order valence-corrected chi connectivity index (χ2v) is 1.64. The van der Waals surface area contributed by atoms with Gasteiger partial charge in [-0.1, -0.05) is 0 Å². The number of hydrogen-bond acceptors (Lipinski definition) is 7. The van der Waals surface area contributed by atoms with Gasteiger partial charge in [0.05, 0.1) is 0 Å². The molecule has 0 unspecified atom stereocenters. The number of carbonyl (C=O) groups is 2. The van der Waals surface area contributed by atoms with Crippen LogP contribution in [0.1, 0.15) is 0 Å². The first-order valence-electron chi connectivity index (χ1n) is 3.14. The first-order chi connectivity index (χ1) is 6.20. The molecule has 0 aliphatic carbocycles. The molecule has 0 aliphatic rings. The van der Waals surface area contributed by atoms with Gasteiger partial charge in [0.15, 0.2) is 0 Å². The molecule has 0 saturated carbocycles. The molecule has 0 saturated heterocycles. The van der Waals surface area contributed by atoms with Crippen LogP contribution >= 0.6 is 0 Å². The third kappa shape index (κ3) is 6.38. The number of nitrogens with two attached hydrogens (primary N) is 2. The monoisotopic (exact) mass is 187 g/mol. The molecule has 0 radical (unpaired) electrons. The first-order valence-corrected chi connectivity index (χ1v) is 3.14. The molecule has 0 rings (SSSR count). The molecule has 13 heavy (non-hydrogen) atoms. The Kier molecular flexibility index (Phi) is 5.64. The van der Waals surface area contributed by atoms with Gasteiger partial charge >= 0.3 is 11.9 Å². The van der Waals surface area contributed by atoms with Crippen molar-refractivity contribution in [2.24, 2.45) is 11.5 Å². The van der Waals surface area contributed by atoms with Crippen LogP contribution in [0.2, 0.25) is 0 Å². The van der Waals surface area contributed by atoms with Gasteiger partial charge in [-0.25, -0.2) is 9.59 Å². The van der Waals surface area contributed by atoms with E-state index in [1.807, 2.05) is 0 Å². The van der Waals surface area contributed by atoms with E-state index in [4.69, 9.17) is 11.5 Å². The van der Waals surface area contributed by atoms with Crippen LogP contribution in [0.3, 0.4) is 0 Å². The van der Waals surface area contributed by atoms with E-state index in [9.17, 15) is 9.59 Å². The molecule has 5 N–H and O–H groups in total. The Bertz CT molecular complexity index is 212. The molecule has 0 bridgehead atoms. The van der Waals surface area contributed by atoms with Gasteiger partial charge in [-0.2, -0.15) is 0 Å². The molecule has 7 heteroatoms. The highest BCUT2D eigenvalue weighted by Gasteiger charge is 1.98. The Morgan fingerprint density at radius 2 is 1.38 bits per heavy atom. The van der Waals surface area contributed by atoms with E-state index in [0.29, 0.717) is 0 Å². The van der Waals surface area contributed by atoms with Crippen LogP contribution in [0.5, 0.6) is 0 Å². The Morgan fingerprint density at radius 1 is 1.00 bits per heavy atom. The van der Waals surface area contributed by atoms with Crippen LogP contribution < -0.4 is 17.1 Å². The van der Waals surface area contributed by atoms with Crippen LogP contribution in [-0.2, 0) is 19.3 Å². The maximum atomic E-state index is 10.5. The summed E-state index contributed by atoms with van der Waals surface area (Å²) in [6.45, 7) is 0. The smallest absolute Gasteiger partial charge is 0.354 e. The maximum Gasteiger partial charge on any atom is 0.354 e. The van der Waals surface area contributed by atoms with Crippen LogP contribution in [0.25, 0.3) is 0 Å². The summed E-state index contributed by atoms with van der Waals surface area (Å²) < 4.78 is 0. The molecule has 0 amide bonds. The molecular formula is C6H9N3O4. The van der Waals surface area contributed by atoms with Crippen molar-refractivity contribution in [1.29, 1.82) is 0 Å². The summed E-state index contributed by atoms with van der Waals surface area (Å²) in [6.07, 6.45) is 3.82. The predicted molar refractivity (Wildman–Crippen MR) is 42.0 cm³/mol. The Labute approximate surface area is 73.9 Å². The number of nitrogens with one attached hydrogen (secondary N) is 1. The van der Waals surface area contributed by atoms with E-state index >= 15 is 0 Å². The summed E-state index contributed by atoms with van der Waals surface area (Å²) in [6, 6.07) is 0. The largest absolute Gasteiger partial charge is 0.404 e. The number of carbonyl (C=O) groups excluding carboxylic acids is 2. The van der Waals surface area contributed by atoms with Crippen molar-refractivity contribution >= 4 is 11.9 Å². The lowest BCUT2D eigenvalue weighted by molar-refractivity contribution is -0.191. The average molecular weight is 187 g/mol. The molecular weight excluding hydrogens is 178 g/mol. The normalized spacial score (nSPS) is 10.5. The summed E-state index contributed by atoms with van der Waals surface area (Å²) in [5.74, 6) is -1.60. The Balaban J connectivity index is 3.56. The maximum absolute atomic E-state index is 10.5. The minimum absolute atomic E-state index is 0.799. The van der Waals surface area contributed by atoms with Crippen molar-refractivity contribution in [3.05, 3.63) is 24.6 Å². The quantitative estimate of drug-likeness (QED) is 0.359. The van der Waals surface area contributed by atoms with Gasteiger partial charge in [0.25, 0.3) is 0 Å². The lowest BCUT2D eigenvalue weighted by Crippen LogP contribution is -2.22. The molecule has 0 aliphatic heterocycles. The zero-order valence-electron chi connectivity index (χ0n) is 6.60. The molecule has 0 atom stereocenters. The van der Waals surface area contributed by atoms with Crippen molar-refractivity contribution in [3.8, 4) is 0 Å². The summed E-state index contributed by atoms with van der Waals surface area (Å²) >= 11 is 0. The zero-order chi connectivity index (χ0) is 10.1. The van der Waals surface area contributed by atoms with Crippen LogP contribution in [0.4, 0.5) is 0 Å². The highest BCUT2D eigenvalue weighted by atomic mass is 16.9. The van der Waals surface area contributed by atoms with Crippen molar-refractivity contribution in [2.45, 2.75) is 0 Å². The van der Waals surface area contributed by atoms with E-state index < -0.39 is 11.9 Å². The van der Waals surface area contributed by atoms with Crippen LogP contribution in [0.15, 0.2) is 24.6 Å². The summed E-state index contributed by atoms with van der Waals surface area (Å²) in [4.78, 5) is 29.2. The summed E-state index contributed by atoms with van der Waals surface area (Å²) in [5, 5.41) is 0. The summed E-state index contributed by atoms with van der Waals surface area (Å²) in [7, 11) is 0. The lowest BCUT2D eigenvalue weighted by Gasteiger charge is -2.00. The third-order valence-electron chi connectivity index (χ3n) is 0.749. The lowest BCUT2D eigenvalue weighted by atomic mass is 10.6. The number of rotatable bonds is 4. The topological polar surface area (TPSA) is 117 Å². The van der Waals surface area contributed by atoms with Crippen molar-refractivity contribution < 1.29 is 19.3 Å². The molecule has 0 heterocycles. The van der Waals surface area contributed by atoms with Gasteiger partial charge in [0, 0.05) is 30.2 Å². The van der Waals surface area contributed by atoms with Gasteiger partial charge in [-0.3, -0.25) is 0 Å². The van der Waals surface area contributed by atoms with E-state index in [1.54, 1.807) is 5.64 Å². The number of hydrogen-bond donors (Lipinski definition) is 3. The zero-order valence-corrected chi connectivity index (χ0v) is 6.60. The fourth-order valence-electron chi connectivity index (χ4n) is 0.328. The Hall–Kier alpha value is -2.02. The van der Waals surface area contributed by atoms with E-state index in [1.165, 1.54) is 0 Å². The SMILES string of the molecule is N/C=C/C(=O)ONOC(=O)/C=C/N. The fraction of sp³-hybridized carbons (Fsp3) is 0. The molecule has 7 nitrogen and oxygen atoms in total. The molecule has 72 valence electrons. The fourth-order valence-corrected chi connectivity index (χ4v) is 0.328. The van der Waals surface area contributed by atoms with E-state index in [0.717, 1.165) is 24.6 Å². The molecule has 0 aromatic heterocycles. The average Bonchev–Trinajstić information content (AvgIpc) is 2.05. The highest BCUT2D eigenvalue weighted by Crippen LogP contribution is 1.78. The van der Waals surface area contributed by atoms with Gasteiger partial charge in [0.1, 0.15) is 0 Å². The van der Waals surface area contributed by atoms with Gasteiger partial charge in [-0.15, -0.1) is 0 Å². The van der Waals surface area contributed by atoms with Gasteiger partial charge in [0.2, 0.25) is 0 Å². The highest BCUT2D eigenvalue weighted by molar-refractivity contribution is 5.82. The minimum atomic E-state index is -0.799. The van der Waals surface area contributed by atoms with E-state index in [-0.39, 0.29) is 0 Å². The molecule has 0 fully saturated rings.